The predicted octanol–water partition coefficient (Wildman–Crippen LogP) is 1.33. The Bertz CT molecular complexity index is 434. The van der Waals surface area contributed by atoms with Crippen LogP contribution in [0.3, 0.4) is 0 Å². The number of rotatable bonds is 3. The third kappa shape index (κ3) is 2.40. The molecule has 0 fully saturated rings. The van der Waals surface area contributed by atoms with Crippen molar-refractivity contribution in [3.8, 4) is 0 Å². The van der Waals surface area contributed by atoms with Crippen molar-refractivity contribution in [1.29, 1.82) is 0 Å². The Balaban J connectivity index is 2.29. The molecule has 1 heterocycles. The maximum Gasteiger partial charge on any atom is 0.246 e. The van der Waals surface area contributed by atoms with E-state index in [9.17, 15) is 4.79 Å². The number of hydrogen-bond acceptors (Lipinski definition) is 3. The summed E-state index contributed by atoms with van der Waals surface area (Å²) in [6.07, 6.45) is 1.99. The van der Waals surface area contributed by atoms with Crippen LogP contribution in [0.1, 0.15) is 18.9 Å². The SMILES string of the molecule is COCC(N)C(=O)N1c2ccccc2CCC1C. The van der Waals surface area contributed by atoms with E-state index in [0.717, 1.165) is 18.5 Å². The minimum Gasteiger partial charge on any atom is -0.383 e. The van der Waals surface area contributed by atoms with Gasteiger partial charge in [0.25, 0.3) is 0 Å². The average molecular weight is 248 g/mol. The topological polar surface area (TPSA) is 55.6 Å². The minimum atomic E-state index is -0.594. The summed E-state index contributed by atoms with van der Waals surface area (Å²) in [5, 5.41) is 0. The maximum absolute atomic E-state index is 12.4. The van der Waals surface area contributed by atoms with Crippen molar-refractivity contribution in [3.05, 3.63) is 29.8 Å². The number of carbonyl (C=O) groups is 1. The molecular weight excluding hydrogens is 228 g/mol. The summed E-state index contributed by atoms with van der Waals surface area (Å²) in [4.78, 5) is 14.2. The van der Waals surface area contributed by atoms with Gasteiger partial charge in [-0.2, -0.15) is 0 Å². The summed E-state index contributed by atoms with van der Waals surface area (Å²) in [7, 11) is 1.56. The van der Waals surface area contributed by atoms with Crippen molar-refractivity contribution in [2.75, 3.05) is 18.6 Å². The monoisotopic (exact) mass is 248 g/mol. The molecule has 18 heavy (non-hydrogen) atoms. The molecule has 0 aromatic heterocycles. The van der Waals surface area contributed by atoms with E-state index in [1.165, 1.54) is 5.56 Å². The van der Waals surface area contributed by atoms with Crippen LogP contribution in [-0.2, 0) is 16.0 Å². The third-order valence-corrected chi connectivity index (χ3v) is 3.42. The van der Waals surface area contributed by atoms with Crippen LogP contribution in [-0.4, -0.2) is 31.7 Å². The number of aryl methyl sites for hydroxylation is 1. The van der Waals surface area contributed by atoms with E-state index in [1.54, 1.807) is 7.11 Å². The molecule has 1 amide bonds. The molecule has 0 saturated carbocycles. The molecule has 2 N–H and O–H groups in total. The molecular formula is C14H20N2O2. The van der Waals surface area contributed by atoms with Crippen LogP contribution >= 0.6 is 0 Å². The number of fused-ring (bicyclic) bond motifs is 1. The summed E-state index contributed by atoms with van der Waals surface area (Å²) in [6.45, 7) is 2.32. The van der Waals surface area contributed by atoms with Gasteiger partial charge >= 0.3 is 0 Å². The first-order valence-corrected chi connectivity index (χ1v) is 6.30. The van der Waals surface area contributed by atoms with E-state index in [2.05, 4.69) is 13.0 Å². The highest BCUT2D eigenvalue weighted by atomic mass is 16.5. The summed E-state index contributed by atoms with van der Waals surface area (Å²) in [5.74, 6) is -0.0588. The fourth-order valence-electron chi connectivity index (χ4n) is 2.45. The third-order valence-electron chi connectivity index (χ3n) is 3.42. The van der Waals surface area contributed by atoms with E-state index in [4.69, 9.17) is 10.5 Å². The number of nitrogens with two attached hydrogens (primary N) is 1. The first-order valence-electron chi connectivity index (χ1n) is 6.30. The molecule has 2 rings (SSSR count). The molecule has 2 atom stereocenters. The zero-order valence-electron chi connectivity index (χ0n) is 10.9. The molecule has 98 valence electrons. The molecule has 0 spiro atoms. The van der Waals surface area contributed by atoms with Gasteiger partial charge in [0.15, 0.2) is 0 Å². The molecule has 4 heteroatoms. The fraction of sp³-hybridized carbons (Fsp3) is 0.500. The van der Waals surface area contributed by atoms with Gasteiger partial charge in [0.05, 0.1) is 6.61 Å². The lowest BCUT2D eigenvalue weighted by Crippen LogP contribution is -2.51. The number of benzene rings is 1. The summed E-state index contributed by atoms with van der Waals surface area (Å²) in [6, 6.07) is 7.62. The highest BCUT2D eigenvalue weighted by Gasteiger charge is 2.30. The predicted molar refractivity (Wildman–Crippen MR) is 71.6 cm³/mol. The Hall–Kier alpha value is -1.39. The van der Waals surface area contributed by atoms with Crippen LogP contribution < -0.4 is 10.6 Å². The zero-order chi connectivity index (χ0) is 13.1. The zero-order valence-corrected chi connectivity index (χ0v) is 10.9. The Kier molecular flexibility index (Phi) is 3.99. The smallest absolute Gasteiger partial charge is 0.246 e. The van der Waals surface area contributed by atoms with Gasteiger partial charge in [0.2, 0.25) is 5.91 Å². The van der Waals surface area contributed by atoms with E-state index in [0.29, 0.717) is 0 Å². The van der Waals surface area contributed by atoms with Crippen LogP contribution in [0.2, 0.25) is 0 Å². The normalized spacial score (nSPS) is 20.4. The van der Waals surface area contributed by atoms with Gasteiger partial charge in [0.1, 0.15) is 6.04 Å². The highest BCUT2D eigenvalue weighted by Crippen LogP contribution is 2.30. The molecule has 4 nitrogen and oxygen atoms in total. The summed E-state index contributed by atoms with van der Waals surface area (Å²) >= 11 is 0. The van der Waals surface area contributed by atoms with Gasteiger partial charge in [-0.1, -0.05) is 18.2 Å². The van der Waals surface area contributed by atoms with Crippen molar-refractivity contribution in [3.63, 3.8) is 0 Å². The number of hydrogen-bond donors (Lipinski definition) is 1. The Morgan fingerprint density at radius 2 is 2.28 bits per heavy atom. The largest absolute Gasteiger partial charge is 0.383 e. The van der Waals surface area contributed by atoms with Crippen LogP contribution in [0.25, 0.3) is 0 Å². The van der Waals surface area contributed by atoms with Crippen LogP contribution in [0.5, 0.6) is 0 Å². The van der Waals surface area contributed by atoms with Gasteiger partial charge in [-0.05, 0) is 31.4 Å². The number of amides is 1. The van der Waals surface area contributed by atoms with E-state index in [1.807, 2.05) is 23.1 Å². The average Bonchev–Trinajstić information content (AvgIpc) is 2.38. The number of nitrogens with zero attached hydrogens (tertiary/aromatic N) is 1. The maximum atomic E-state index is 12.4. The second-order valence-electron chi connectivity index (χ2n) is 4.79. The lowest BCUT2D eigenvalue weighted by Gasteiger charge is -2.36. The van der Waals surface area contributed by atoms with Crippen molar-refractivity contribution in [2.24, 2.45) is 5.73 Å². The van der Waals surface area contributed by atoms with Gasteiger partial charge in [0, 0.05) is 18.8 Å². The minimum absolute atomic E-state index is 0.0588. The second-order valence-corrected chi connectivity index (χ2v) is 4.79. The highest BCUT2D eigenvalue weighted by molar-refractivity contribution is 5.98. The van der Waals surface area contributed by atoms with E-state index < -0.39 is 6.04 Å². The van der Waals surface area contributed by atoms with Crippen molar-refractivity contribution < 1.29 is 9.53 Å². The Morgan fingerprint density at radius 3 is 3.00 bits per heavy atom. The van der Waals surface area contributed by atoms with Gasteiger partial charge in [-0.25, -0.2) is 0 Å². The first-order chi connectivity index (χ1) is 8.65. The first kappa shape index (κ1) is 13.1. The Morgan fingerprint density at radius 1 is 1.56 bits per heavy atom. The standard InChI is InChI=1S/C14H20N2O2/c1-10-7-8-11-5-3-4-6-13(11)16(10)14(17)12(15)9-18-2/h3-6,10,12H,7-9,15H2,1-2H3. The Labute approximate surface area is 108 Å². The van der Waals surface area contributed by atoms with Crippen LogP contribution in [0.15, 0.2) is 24.3 Å². The molecule has 0 bridgehead atoms. The fourth-order valence-corrected chi connectivity index (χ4v) is 2.45. The molecule has 1 aliphatic heterocycles. The number of methoxy groups -OCH3 is 1. The second kappa shape index (κ2) is 5.50. The quantitative estimate of drug-likeness (QED) is 0.878. The number of para-hydroxylation sites is 1. The van der Waals surface area contributed by atoms with Crippen molar-refractivity contribution >= 4 is 11.6 Å². The van der Waals surface area contributed by atoms with E-state index >= 15 is 0 Å². The van der Waals surface area contributed by atoms with Crippen LogP contribution in [0.4, 0.5) is 5.69 Å². The molecule has 2 unspecified atom stereocenters. The summed E-state index contributed by atoms with van der Waals surface area (Å²) in [5.41, 5.74) is 8.07. The molecule has 1 aromatic rings. The molecule has 0 saturated heterocycles. The lowest BCUT2D eigenvalue weighted by atomic mass is 9.96. The number of carbonyl (C=O) groups excluding carboxylic acids is 1. The lowest BCUT2D eigenvalue weighted by molar-refractivity contribution is -0.121. The van der Waals surface area contributed by atoms with Crippen LogP contribution in [0, 0.1) is 0 Å². The van der Waals surface area contributed by atoms with Crippen molar-refractivity contribution in [1.82, 2.24) is 0 Å². The van der Waals surface area contributed by atoms with Gasteiger partial charge in [-0.3, -0.25) is 4.79 Å². The molecule has 1 aliphatic rings. The van der Waals surface area contributed by atoms with E-state index in [-0.39, 0.29) is 18.6 Å². The summed E-state index contributed by atoms with van der Waals surface area (Å²) < 4.78 is 4.97. The van der Waals surface area contributed by atoms with Gasteiger partial charge in [-0.15, -0.1) is 0 Å². The van der Waals surface area contributed by atoms with Crippen molar-refractivity contribution in [2.45, 2.75) is 31.8 Å². The van der Waals surface area contributed by atoms with Gasteiger partial charge < -0.3 is 15.4 Å². The number of ether oxygens (including phenoxy) is 1. The number of anilines is 1. The molecule has 0 radical (unpaired) electrons. The molecule has 0 aliphatic carbocycles. The molecule has 1 aromatic carbocycles.